The van der Waals surface area contributed by atoms with Crippen LogP contribution in [0.25, 0.3) is 0 Å². The van der Waals surface area contributed by atoms with Gasteiger partial charge in [-0.3, -0.25) is 9.78 Å². The summed E-state index contributed by atoms with van der Waals surface area (Å²) in [6.07, 6.45) is 4.93. The van der Waals surface area contributed by atoms with Crippen LogP contribution in [0.1, 0.15) is 29.3 Å². The van der Waals surface area contributed by atoms with Gasteiger partial charge in [-0.15, -0.1) is 0 Å². The fourth-order valence-electron chi connectivity index (χ4n) is 1.78. The molecule has 0 saturated heterocycles. The third-order valence-electron chi connectivity index (χ3n) is 2.91. The van der Waals surface area contributed by atoms with Crippen molar-refractivity contribution in [2.75, 3.05) is 6.61 Å². The van der Waals surface area contributed by atoms with Gasteiger partial charge in [-0.05, 0) is 42.0 Å². The van der Waals surface area contributed by atoms with E-state index in [0.29, 0.717) is 13.0 Å². The SMILES string of the molecule is CCC(=O)c1ccc(OCCc2ccncc2)cc1. The molecule has 0 N–H and O–H groups in total. The molecule has 3 nitrogen and oxygen atoms in total. The van der Waals surface area contributed by atoms with Gasteiger partial charge in [-0.2, -0.15) is 0 Å². The van der Waals surface area contributed by atoms with Gasteiger partial charge in [0.15, 0.2) is 5.78 Å². The maximum atomic E-state index is 11.5. The monoisotopic (exact) mass is 255 g/mol. The van der Waals surface area contributed by atoms with Gasteiger partial charge in [0.2, 0.25) is 0 Å². The summed E-state index contributed by atoms with van der Waals surface area (Å²) in [5.74, 6) is 0.949. The number of hydrogen-bond acceptors (Lipinski definition) is 3. The summed E-state index contributed by atoms with van der Waals surface area (Å²) >= 11 is 0. The molecule has 0 unspecified atom stereocenters. The highest BCUT2D eigenvalue weighted by Crippen LogP contribution is 2.13. The fourth-order valence-corrected chi connectivity index (χ4v) is 1.78. The van der Waals surface area contributed by atoms with Gasteiger partial charge >= 0.3 is 0 Å². The molecule has 0 radical (unpaired) electrons. The van der Waals surface area contributed by atoms with Crippen LogP contribution in [0.4, 0.5) is 0 Å². The molecule has 1 aromatic carbocycles. The Balaban J connectivity index is 1.85. The summed E-state index contributed by atoms with van der Waals surface area (Å²) in [7, 11) is 0. The third-order valence-corrected chi connectivity index (χ3v) is 2.91. The van der Waals surface area contributed by atoms with Crippen molar-refractivity contribution in [3.05, 3.63) is 59.9 Å². The van der Waals surface area contributed by atoms with Gasteiger partial charge in [-0.25, -0.2) is 0 Å². The zero-order valence-corrected chi connectivity index (χ0v) is 11.0. The quantitative estimate of drug-likeness (QED) is 0.743. The summed E-state index contributed by atoms with van der Waals surface area (Å²) in [4.78, 5) is 15.5. The molecule has 0 atom stereocenters. The van der Waals surface area contributed by atoms with Gasteiger partial charge in [0.25, 0.3) is 0 Å². The minimum absolute atomic E-state index is 0.156. The van der Waals surface area contributed by atoms with Crippen LogP contribution in [0.5, 0.6) is 5.75 Å². The second kappa shape index (κ2) is 6.69. The average Bonchev–Trinajstić information content (AvgIpc) is 2.48. The number of Topliss-reactive ketones (excluding diaryl/α,β-unsaturated/α-hetero) is 1. The molecule has 0 bridgehead atoms. The van der Waals surface area contributed by atoms with E-state index in [1.807, 2.05) is 43.3 Å². The lowest BCUT2D eigenvalue weighted by Gasteiger charge is -2.06. The predicted molar refractivity (Wildman–Crippen MR) is 74.5 cm³/mol. The summed E-state index contributed by atoms with van der Waals surface area (Å²) < 4.78 is 5.65. The maximum absolute atomic E-state index is 11.5. The van der Waals surface area contributed by atoms with Crippen molar-refractivity contribution in [3.63, 3.8) is 0 Å². The topological polar surface area (TPSA) is 39.2 Å². The first-order chi connectivity index (χ1) is 9.29. The molecule has 0 saturated carbocycles. The molecule has 2 rings (SSSR count). The number of hydrogen-bond donors (Lipinski definition) is 0. The summed E-state index contributed by atoms with van der Waals surface area (Å²) in [6.45, 7) is 2.48. The molecule has 0 aliphatic rings. The minimum atomic E-state index is 0.156. The number of pyridine rings is 1. The molecular weight excluding hydrogens is 238 g/mol. The van der Waals surface area contributed by atoms with Crippen LogP contribution in [0.3, 0.4) is 0 Å². The molecule has 1 aromatic heterocycles. The Bertz CT molecular complexity index is 520. The molecule has 98 valence electrons. The van der Waals surface area contributed by atoms with Crippen molar-refractivity contribution in [1.29, 1.82) is 0 Å². The lowest BCUT2D eigenvalue weighted by molar-refractivity contribution is 0.0988. The predicted octanol–water partition coefficient (Wildman–Crippen LogP) is 3.30. The van der Waals surface area contributed by atoms with Crippen LogP contribution in [0.15, 0.2) is 48.8 Å². The summed E-state index contributed by atoms with van der Waals surface area (Å²) in [5.41, 5.74) is 1.94. The van der Waals surface area contributed by atoms with E-state index in [-0.39, 0.29) is 5.78 Å². The normalized spacial score (nSPS) is 10.2. The molecule has 0 amide bonds. The number of carbonyl (C=O) groups excluding carboxylic acids is 1. The van der Waals surface area contributed by atoms with Gasteiger partial charge in [0.05, 0.1) is 6.61 Å². The van der Waals surface area contributed by atoms with Gasteiger partial charge in [0, 0.05) is 30.8 Å². The highest BCUT2D eigenvalue weighted by atomic mass is 16.5. The molecule has 0 aliphatic heterocycles. The zero-order chi connectivity index (χ0) is 13.5. The van der Waals surface area contributed by atoms with Crippen molar-refractivity contribution in [3.8, 4) is 5.75 Å². The highest BCUT2D eigenvalue weighted by Gasteiger charge is 2.02. The molecule has 0 spiro atoms. The number of ether oxygens (including phenoxy) is 1. The Kier molecular flexibility index (Phi) is 4.67. The van der Waals surface area contributed by atoms with E-state index in [0.717, 1.165) is 17.7 Å². The molecule has 2 aromatic rings. The fraction of sp³-hybridized carbons (Fsp3) is 0.250. The average molecular weight is 255 g/mol. The van der Waals surface area contributed by atoms with Crippen molar-refractivity contribution in [1.82, 2.24) is 4.98 Å². The lowest BCUT2D eigenvalue weighted by Crippen LogP contribution is -2.02. The standard InChI is InChI=1S/C16H17NO2/c1-2-16(18)14-3-5-15(6-4-14)19-12-9-13-7-10-17-11-8-13/h3-8,10-11H,2,9,12H2,1H3. The number of rotatable bonds is 6. The third kappa shape index (κ3) is 3.91. The van der Waals surface area contributed by atoms with Crippen LogP contribution in [0, 0.1) is 0 Å². The molecule has 0 fully saturated rings. The van der Waals surface area contributed by atoms with E-state index < -0.39 is 0 Å². The van der Waals surface area contributed by atoms with E-state index in [2.05, 4.69) is 4.98 Å². The van der Waals surface area contributed by atoms with E-state index in [1.165, 1.54) is 5.56 Å². The Labute approximate surface area is 113 Å². The summed E-state index contributed by atoms with van der Waals surface area (Å²) in [5, 5.41) is 0. The van der Waals surface area contributed by atoms with E-state index in [4.69, 9.17) is 4.74 Å². The number of carbonyl (C=O) groups is 1. The molecule has 1 heterocycles. The van der Waals surface area contributed by atoms with Crippen molar-refractivity contribution >= 4 is 5.78 Å². The Morgan fingerprint density at radius 2 is 1.79 bits per heavy atom. The molecular formula is C16H17NO2. The first-order valence-electron chi connectivity index (χ1n) is 6.44. The van der Waals surface area contributed by atoms with Crippen molar-refractivity contribution in [2.45, 2.75) is 19.8 Å². The van der Waals surface area contributed by atoms with Crippen molar-refractivity contribution in [2.24, 2.45) is 0 Å². The van der Waals surface area contributed by atoms with Crippen LogP contribution in [-0.2, 0) is 6.42 Å². The van der Waals surface area contributed by atoms with Crippen LogP contribution in [0.2, 0.25) is 0 Å². The Hall–Kier alpha value is -2.16. The Morgan fingerprint density at radius 1 is 1.11 bits per heavy atom. The van der Waals surface area contributed by atoms with Crippen LogP contribution < -0.4 is 4.74 Å². The van der Waals surface area contributed by atoms with E-state index in [1.54, 1.807) is 12.4 Å². The van der Waals surface area contributed by atoms with Crippen LogP contribution in [-0.4, -0.2) is 17.4 Å². The molecule has 3 heteroatoms. The second-order valence-corrected chi connectivity index (χ2v) is 4.26. The first kappa shape index (κ1) is 13.3. The van der Waals surface area contributed by atoms with E-state index >= 15 is 0 Å². The van der Waals surface area contributed by atoms with E-state index in [9.17, 15) is 4.79 Å². The minimum Gasteiger partial charge on any atom is -0.493 e. The number of nitrogens with zero attached hydrogens (tertiary/aromatic N) is 1. The summed E-state index contributed by atoms with van der Waals surface area (Å²) in [6, 6.07) is 11.3. The maximum Gasteiger partial charge on any atom is 0.162 e. The van der Waals surface area contributed by atoms with Crippen LogP contribution >= 0.6 is 0 Å². The second-order valence-electron chi connectivity index (χ2n) is 4.26. The molecule has 19 heavy (non-hydrogen) atoms. The van der Waals surface area contributed by atoms with Gasteiger partial charge < -0.3 is 4.74 Å². The number of ketones is 1. The van der Waals surface area contributed by atoms with Gasteiger partial charge in [-0.1, -0.05) is 6.92 Å². The van der Waals surface area contributed by atoms with Crippen molar-refractivity contribution < 1.29 is 9.53 Å². The lowest BCUT2D eigenvalue weighted by atomic mass is 10.1. The number of aromatic nitrogens is 1. The largest absolute Gasteiger partial charge is 0.493 e. The zero-order valence-electron chi connectivity index (χ0n) is 11.0. The highest BCUT2D eigenvalue weighted by molar-refractivity contribution is 5.95. The molecule has 0 aliphatic carbocycles. The first-order valence-corrected chi connectivity index (χ1v) is 6.44. The van der Waals surface area contributed by atoms with Gasteiger partial charge in [0.1, 0.15) is 5.75 Å². The Morgan fingerprint density at radius 3 is 2.42 bits per heavy atom. The smallest absolute Gasteiger partial charge is 0.162 e. The number of benzene rings is 1.